The van der Waals surface area contributed by atoms with Crippen molar-refractivity contribution in [2.24, 2.45) is 0 Å². The number of hydrogen-bond acceptors (Lipinski definition) is 3. The lowest BCUT2D eigenvalue weighted by atomic mass is 10.2. The summed E-state index contributed by atoms with van der Waals surface area (Å²) in [7, 11) is 1.78. The number of pyridine rings is 1. The van der Waals surface area contributed by atoms with Crippen molar-refractivity contribution < 1.29 is 4.79 Å². The Hall–Kier alpha value is -1.68. The van der Waals surface area contributed by atoms with E-state index in [4.69, 9.17) is 0 Å². The highest BCUT2D eigenvalue weighted by Gasteiger charge is 2.07. The van der Waals surface area contributed by atoms with E-state index in [-0.39, 0.29) is 5.91 Å². The molecule has 0 aliphatic carbocycles. The lowest BCUT2D eigenvalue weighted by Gasteiger charge is -2.17. The maximum absolute atomic E-state index is 11.6. The molecule has 1 N–H and O–H groups in total. The molecule has 0 unspecified atom stereocenters. The van der Waals surface area contributed by atoms with Crippen molar-refractivity contribution in [3.8, 4) is 0 Å². The molecule has 1 heterocycles. The van der Waals surface area contributed by atoms with Crippen LogP contribution in [-0.4, -0.2) is 35.9 Å². The van der Waals surface area contributed by atoms with E-state index in [9.17, 15) is 4.79 Å². The average Bonchev–Trinajstić information content (AvgIpc) is 2.30. The van der Waals surface area contributed by atoms with Crippen LogP contribution < -0.4 is 5.32 Å². The smallest absolute Gasteiger partial charge is 0.236 e. The Labute approximate surface area is 96.0 Å². The molecule has 0 saturated carbocycles. The fraction of sp³-hybridized carbons (Fsp3) is 0.333. The van der Waals surface area contributed by atoms with Gasteiger partial charge in [-0.1, -0.05) is 12.1 Å². The summed E-state index contributed by atoms with van der Waals surface area (Å²) in [6.45, 7) is 5.14. The normalized spacial score (nSPS) is 9.81. The number of aromatic nitrogens is 1. The van der Waals surface area contributed by atoms with Crippen molar-refractivity contribution in [3.63, 3.8) is 0 Å². The molecule has 4 nitrogen and oxygen atoms in total. The van der Waals surface area contributed by atoms with Crippen molar-refractivity contribution in [2.45, 2.75) is 6.54 Å². The molecule has 0 aliphatic rings. The molecule has 1 rings (SSSR count). The van der Waals surface area contributed by atoms with Gasteiger partial charge in [0.15, 0.2) is 0 Å². The highest BCUT2D eigenvalue weighted by Crippen LogP contribution is 2.00. The fourth-order valence-electron chi connectivity index (χ4n) is 1.27. The maximum atomic E-state index is 11.6. The highest BCUT2D eigenvalue weighted by molar-refractivity contribution is 5.77. The molecule has 1 aromatic rings. The zero-order chi connectivity index (χ0) is 11.8. The van der Waals surface area contributed by atoms with Crippen molar-refractivity contribution in [3.05, 3.63) is 42.7 Å². The first-order valence-corrected chi connectivity index (χ1v) is 5.18. The van der Waals surface area contributed by atoms with E-state index in [1.165, 1.54) is 0 Å². The molecule has 0 saturated heterocycles. The summed E-state index contributed by atoms with van der Waals surface area (Å²) in [6, 6.07) is 3.82. The SMILES string of the molecule is C=CCNCC(=O)N(C)Cc1cccnc1. The van der Waals surface area contributed by atoms with Crippen molar-refractivity contribution in [1.29, 1.82) is 0 Å². The van der Waals surface area contributed by atoms with Crippen LogP contribution in [0.25, 0.3) is 0 Å². The van der Waals surface area contributed by atoms with Crippen LogP contribution in [0.15, 0.2) is 37.2 Å². The van der Waals surface area contributed by atoms with Crippen molar-refractivity contribution in [2.75, 3.05) is 20.1 Å². The second kappa shape index (κ2) is 6.74. The van der Waals surface area contributed by atoms with Crippen LogP contribution in [0.5, 0.6) is 0 Å². The van der Waals surface area contributed by atoms with E-state index in [0.717, 1.165) is 5.56 Å². The molecule has 0 aromatic carbocycles. The second-order valence-corrected chi connectivity index (χ2v) is 3.53. The molecule has 0 fully saturated rings. The summed E-state index contributed by atoms with van der Waals surface area (Å²) in [4.78, 5) is 17.3. The first-order chi connectivity index (χ1) is 7.74. The maximum Gasteiger partial charge on any atom is 0.236 e. The van der Waals surface area contributed by atoms with Gasteiger partial charge in [-0.05, 0) is 11.6 Å². The number of carbonyl (C=O) groups excluding carboxylic acids is 1. The van der Waals surface area contributed by atoms with Crippen LogP contribution >= 0.6 is 0 Å². The van der Waals surface area contributed by atoms with Gasteiger partial charge in [0.25, 0.3) is 0 Å². The van der Waals surface area contributed by atoms with E-state index in [2.05, 4.69) is 16.9 Å². The van der Waals surface area contributed by atoms with E-state index in [1.807, 2.05) is 12.1 Å². The molecule has 1 amide bonds. The van der Waals surface area contributed by atoms with Crippen LogP contribution in [0.3, 0.4) is 0 Å². The molecule has 1 aromatic heterocycles. The molecular formula is C12H17N3O. The average molecular weight is 219 g/mol. The summed E-state index contributed by atoms with van der Waals surface area (Å²) >= 11 is 0. The summed E-state index contributed by atoms with van der Waals surface area (Å²) in [5, 5.41) is 2.98. The number of amides is 1. The van der Waals surface area contributed by atoms with Gasteiger partial charge in [0.2, 0.25) is 5.91 Å². The molecule has 0 radical (unpaired) electrons. The Morgan fingerprint density at radius 3 is 3.12 bits per heavy atom. The van der Waals surface area contributed by atoms with Gasteiger partial charge in [-0.25, -0.2) is 0 Å². The molecule has 16 heavy (non-hydrogen) atoms. The Balaban J connectivity index is 2.37. The molecule has 0 aliphatic heterocycles. The number of nitrogens with one attached hydrogen (secondary N) is 1. The summed E-state index contributed by atoms with van der Waals surface area (Å²) < 4.78 is 0. The van der Waals surface area contributed by atoms with Gasteiger partial charge >= 0.3 is 0 Å². The zero-order valence-corrected chi connectivity index (χ0v) is 9.52. The minimum Gasteiger partial charge on any atom is -0.340 e. The number of nitrogens with zero attached hydrogens (tertiary/aromatic N) is 2. The zero-order valence-electron chi connectivity index (χ0n) is 9.52. The van der Waals surface area contributed by atoms with Crippen LogP contribution in [-0.2, 0) is 11.3 Å². The topological polar surface area (TPSA) is 45.2 Å². The minimum atomic E-state index is 0.0608. The highest BCUT2D eigenvalue weighted by atomic mass is 16.2. The van der Waals surface area contributed by atoms with E-state index in [1.54, 1.807) is 30.4 Å². The van der Waals surface area contributed by atoms with E-state index < -0.39 is 0 Å². The standard InChI is InChI=1S/C12H17N3O/c1-3-6-13-9-12(16)15(2)10-11-5-4-7-14-8-11/h3-5,7-8,13H,1,6,9-10H2,2H3. The third kappa shape index (κ3) is 4.23. The summed E-state index contributed by atoms with van der Waals surface area (Å²) in [5.41, 5.74) is 1.03. The first-order valence-electron chi connectivity index (χ1n) is 5.18. The number of likely N-dealkylation sites (N-methyl/N-ethyl adjacent to an activating group) is 1. The Kier molecular flexibility index (Phi) is 5.22. The largest absolute Gasteiger partial charge is 0.340 e. The fourth-order valence-corrected chi connectivity index (χ4v) is 1.27. The minimum absolute atomic E-state index is 0.0608. The van der Waals surface area contributed by atoms with Crippen molar-refractivity contribution >= 4 is 5.91 Å². The van der Waals surface area contributed by atoms with Gasteiger partial charge in [-0.3, -0.25) is 9.78 Å². The third-order valence-electron chi connectivity index (χ3n) is 2.13. The number of hydrogen-bond donors (Lipinski definition) is 1. The predicted octanol–water partition coefficient (Wildman–Crippen LogP) is 0.816. The van der Waals surface area contributed by atoms with Crippen LogP contribution in [0, 0.1) is 0 Å². The molecule has 0 bridgehead atoms. The predicted molar refractivity (Wildman–Crippen MR) is 63.8 cm³/mol. The van der Waals surface area contributed by atoms with Crippen molar-refractivity contribution in [1.82, 2.24) is 15.2 Å². The molecule has 0 spiro atoms. The van der Waals surface area contributed by atoms with Gasteiger partial charge in [0, 0.05) is 32.5 Å². The molecule has 4 heteroatoms. The Morgan fingerprint density at radius 2 is 2.50 bits per heavy atom. The van der Waals surface area contributed by atoms with E-state index in [0.29, 0.717) is 19.6 Å². The Bertz CT molecular complexity index is 337. The first kappa shape index (κ1) is 12.4. The molecule has 0 atom stereocenters. The van der Waals surface area contributed by atoms with Gasteiger partial charge < -0.3 is 10.2 Å². The van der Waals surface area contributed by atoms with Crippen LogP contribution in [0.4, 0.5) is 0 Å². The van der Waals surface area contributed by atoms with Gasteiger partial charge in [0.05, 0.1) is 6.54 Å². The Morgan fingerprint density at radius 1 is 1.69 bits per heavy atom. The third-order valence-corrected chi connectivity index (χ3v) is 2.13. The number of rotatable bonds is 6. The van der Waals surface area contributed by atoms with Gasteiger partial charge in [-0.15, -0.1) is 6.58 Å². The molecule has 86 valence electrons. The van der Waals surface area contributed by atoms with Gasteiger partial charge in [0.1, 0.15) is 0 Å². The quantitative estimate of drug-likeness (QED) is 0.569. The number of carbonyl (C=O) groups is 1. The van der Waals surface area contributed by atoms with Gasteiger partial charge in [-0.2, -0.15) is 0 Å². The summed E-state index contributed by atoms with van der Waals surface area (Å²) in [5.74, 6) is 0.0608. The van der Waals surface area contributed by atoms with Crippen LogP contribution in [0.2, 0.25) is 0 Å². The summed E-state index contributed by atoms with van der Waals surface area (Å²) in [6.07, 6.45) is 5.21. The monoisotopic (exact) mass is 219 g/mol. The molecular weight excluding hydrogens is 202 g/mol. The lowest BCUT2D eigenvalue weighted by Crippen LogP contribution is -2.35. The lowest BCUT2D eigenvalue weighted by molar-refractivity contribution is -0.129. The van der Waals surface area contributed by atoms with E-state index >= 15 is 0 Å². The second-order valence-electron chi connectivity index (χ2n) is 3.53. The van der Waals surface area contributed by atoms with Crippen LogP contribution in [0.1, 0.15) is 5.56 Å².